The van der Waals surface area contributed by atoms with Gasteiger partial charge in [-0.25, -0.2) is 14.0 Å². The van der Waals surface area contributed by atoms with Crippen molar-refractivity contribution in [2.24, 2.45) is 0 Å². The molecule has 0 radical (unpaired) electrons. The van der Waals surface area contributed by atoms with Crippen LogP contribution >= 0.6 is 0 Å². The van der Waals surface area contributed by atoms with Gasteiger partial charge in [0.2, 0.25) is 5.78 Å². The molecule has 0 amide bonds. The van der Waals surface area contributed by atoms with Crippen LogP contribution in [0.5, 0.6) is 0 Å². The van der Waals surface area contributed by atoms with Gasteiger partial charge in [-0.1, -0.05) is 0 Å². The number of nitrogens with zero attached hydrogens (tertiary/aromatic N) is 1. The fourth-order valence-corrected chi connectivity index (χ4v) is 2.90. The van der Waals surface area contributed by atoms with Gasteiger partial charge in [-0.2, -0.15) is 0 Å². The molecule has 0 spiro atoms. The average molecular weight is 397 g/mol. The number of halogens is 1. The largest absolute Gasteiger partial charge is 0.462 e. The lowest BCUT2D eigenvalue weighted by Crippen LogP contribution is -2.12. The minimum absolute atomic E-state index is 0.150. The molecule has 3 aromatic rings. The summed E-state index contributed by atoms with van der Waals surface area (Å²) in [5, 5.41) is 0. The summed E-state index contributed by atoms with van der Waals surface area (Å²) in [4.78, 5) is 37.6. The molecule has 0 saturated heterocycles. The highest BCUT2D eigenvalue weighted by molar-refractivity contribution is 6.11. The minimum atomic E-state index is -0.613. The third kappa shape index (κ3) is 4.18. The van der Waals surface area contributed by atoms with E-state index in [1.54, 1.807) is 20.8 Å². The summed E-state index contributed by atoms with van der Waals surface area (Å²) in [5.41, 5.74) is 1.20. The number of carbonyl (C=O) groups is 3. The number of rotatable bonds is 6. The third-order valence-corrected chi connectivity index (χ3v) is 4.18. The predicted molar refractivity (Wildman–Crippen MR) is 104 cm³/mol. The second-order valence-corrected chi connectivity index (χ2v) is 6.62. The van der Waals surface area contributed by atoms with Crippen molar-refractivity contribution in [1.82, 2.24) is 4.40 Å². The molecular formula is C22H20FNO5. The van der Waals surface area contributed by atoms with E-state index in [2.05, 4.69) is 0 Å². The monoisotopic (exact) mass is 397 g/mol. The SMILES string of the molecule is CCOC(=O)c1cc(C(=O)c2ccc(F)cc2)n2ccc(C(=O)OC(C)C)cc12. The van der Waals surface area contributed by atoms with Crippen LogP contribution in [0.4, 0.5) is 4.39 Å². The first-order valence-electron chi connectivity index (χ1n) is 9.15. The molecule has 29 heavy (non-hydrogen) atoms. The Bertz CT molecular complexity index is 1080. The van der Waals surface area contributed by atoms with E-state index in [1.165, 1.54) is 53.1 Å². The molecule has 7 heteroatoms. The van der Waals surface area contributed by atoms with E-state index in [-0.39, 0.29) is 35.1 Å². The van der Waals surface area contributed by atoms with Gasteiger partial charge in [0.15, 0.2) is 0 Å². The molecule has 3 rings (SSSR count). The fraction of sp³-hybridized carbons (Fsp3) is 0.227. The Kier molecular flexibility index (Phi) is 5.77. The highest BCUT2D eigenvalue weighted by Crippen LogP contribution is 2.23. The van der Waals surface area contributed by atoms with Crippen molar-refractivity contribution in [3.63, 3.8) is 0 Å². The van der Waals surface area contributed by atoms with E-state index in [0.29, 0.717) is 5.52 Å². The van der Waals surface area contributed by atoms with E-state index < -0.39 is 23.5 Å². The number of carbonyl (C=O) groups excluding carboxylic acids is 3. The average Bonchev–Trinajstić information content (AvgIpc) is 3.06. The molecule has 6 nitrogen and oxygen atoms in total. The maximum absolute atomic E-state index is 13.2. The Morgan fingerprint density at radius 1 is 1.00 bits per heavy atom. The molecule has 0 N–H and O–H groups in total. The first-order chi connectivity index (χ1) is 13.8. The summed E-state index contributed by atoms with van der Waals surface area (Å²) in [6.07, 6.45) is 1.22. The van der Waals surface area contributed by atoms with Crippen molar-refractivity contribution in [3.8, 4) is 0 Å². The molecule has 1 aromatic carbocycles. The van der Waals surface area contributed by atoms with Crippen LogP contribution in [-0.2, 0) is 9.47 Å². The predicted octanol–water partition coefficient (Wildman–Crippen LogP) is 4.05. The van der Waals surface area contributed by atoms with Gasteiger partial charge < -0.3 is 13.9 Å². The lowest BCUT2D eigenvalue weighted by Gasteiger charge is -2.09. The molecular weight excluding hydrogens is 377 g/mol. The zero-order chi connectivity index (χ0) is 21.1. The smallest absolute Gasteiger partial charge is 0.340 e. The van der Waals surface area contributed by atoms with E-state index in [0.717, 1.165) is 0 Å². The fourth-order valence-electron chi connectivity index (χ4n) is 2.90. The zero-order valence-electron chi connectivity index (χ0n) is 16.3. The summed E-state index contributed by atoms with van der Waals surface area (Å²) >= 11 is 0. The number of benzene rings is 1. The summed E-state index contributed by atoms with van der Waals surface area (Å²) in [6, 6.07) is 9.53. The van der Waals surface area contributed by atoms with Gasteiger partial charge in [0.05, 0.1) is 35.0 Å². The Morgan fingerprint density at radius 2 is 1.69 bits per heavy atom. The van der Waals surface area contributed by atoms with Crippen molar-refractivity contribution < 1.29 is 28.2 Å². The maximum atomic E-state index is 13.2. The molecule has 0 aliphatic heterocycles. The molecule has 0 saturated carbocycles. The Morgan fingerprint density at radius 3 is 2.31 bits per heavy atom. The highest BCUT2D eigenvalue weighted by atomic mass is 19.1. The zero-order valence-corrected chi connectivity index (χ0v) is 16.3. The highest BCUT2D eigenvalue weighted by Gasteiger charge is 2.23. The van der Waals surface area contributed by atoms with Gasteiger partial charge in [-0.3, -0.25) is 4.79 Å². The summed E-state index contributed by atoms with van der Waals surface area (Å²) in [6.45, 7) is 5.30. The van der Waals surface area contributed by atoms with Gasteiger partial charge >= 0.3 is 11.9 Å². The molecule has 0 aliphatic carbocycles. The number of esters is 2. The first kappa shape index (κ1) is 20.3. The van der Waals surface area contributed by atoms with Crippen LogP contribution in [-0.4, -0.2) is 34.8 Å². The van der Waals surface area contributed by atoms with Crippen molar-refractivity contribution in [2.75, 3.05) is 6.61 Å². The van der Waals surface area contributed by atoms with Crippen LogP contribution in [0, 0.1) is 5.82 Å². The number of aromatic nitrogens is 1. The minimum Gasteiger partial charge on any atom is -0.462 e. The molecule has 2 aromatic heterocycles. The van der Waals surface area contributed by atoms with E-state index in [9.17, 15) is 18.8 Å². The maximum Gasteiger partial charge on any atom is 0.340 e. The van der Waals surface area contributed by atoms with Gasteiger partial charge in [-0.15, -0.1) is 0 Å². The summed E-state index contributed by atoms with van der Waals surface area (Å²) < 4.78 is 25.0. The standard InChI is InChI=1S/C22H20FNO5/c1-4-28-22(27)17-12-19(20(25)14-5-7-16(23)8-6-14)24-10-9-15(11-18(17)24)21(26)29-13(2)3/h5-13H,4H2,1-3H3. The molecule has 150 valence electrons. The lowest BCUT2D eigenvalue weighted by atomic mass is 10.1. The molecule has 0 aliphatic rings. The molecule has 0 fully saturated rings. The normalized spacial score (nSPS) is 10.9. The topological polar surface area (TPSA) is 74.1 Å². The van der Waals surface area contributed by atoms with Crippen LogP contribution in [0.2, 0.25) is 0 Å². The van der Waals surface area contributed by atoms with Gasteiger partial charge in [-0.05, 0) is 63.2 Å². The number of ketones is 1. The number of pyridine rings is 1. The van der Waals surface area contributed by atoms with Gasteiger partial charge in [0, 0.05) is 11.8 Å². The van der Waals surface area contributed by atoms with Crippen LogP contribution in [0.1, 0.15) is 57.5 Å². The van der Waals surface area contributed by atoms with Crippen LogP contribution < -0.4 is 0 Å². The Balaban J connectivity index is 2.13. The Hall–Kier alpha value is -3.48. The van der Waals surface area contributed by atoms with Crippen LogP contribution in [0.3, 0.4) is 0 Å². The molecule has 0 bridgehead atoms. The second-order valence-electron chi connectivity index (χ2n) is 6.62. The third-order valence-electron chi connectivity index (χ3n) is 4.18. The number of hydrogen-bond donors (Lipinski definition) is 0. The Labute approximate surface area is 166 Å². The van der Waals surface area contributed by atoms with Crippen molar-refractivity contribution in [2.45, 2.75) is 26.9 Å². The number of ether oxygens (including phenoxy) is 2. The van der Waals surface area contributed by atoms with E-state index in [1.807, 2.05) is 0 Å². The lowest BCUT2D eigenvalue weighted by molar-refractivity contribution is 0.0377. The van der Waals surface area contributed by atoms with Crippen molar-refractivity contribution >= 4 is 23.2 Å². The molecule has 0 unspecified atom stereocenters. The van der Waals surface area contributed by atoms with Gasteiger partial charge in [0.1, 0.15) is 5.82 Å². The van der Waals surface area contributed by atoms with Crippen molar-refractivity contribution in [1.29, 1.82) is 0 Å². The quantitative estimate of drug-likeness (QED) is 0.463. The van der Waals surface area contributed by atoms with Crippen LogP contribution in [0.25, 0.3) is 5.52 Å². The van der Waals surface area contributed by atoms with Gasteiger partial charge in [0.25, 0.3) is 0 Å². The summed E-state index contributed by atoms with van der Waals surface area (Å²) in [5.74, 6) is -2.00. The second kappa shape index (κ2) is 8.26. The van der Waals surface area contributed by atoms with E-state index in [4.69, 9.17) is 9.47 Å². The number of fused-ring (bicyclic) bond motifs is 1. The van der Waals surface area contributed by atoms with Crippen LogP contribution in [0.15, 0.2) is 48.7 Å². The van der Waals surface area contributed by atoms with E-state index >= 15 is 0 Å². The molecule has 0 atom stereocenters. The summed E-state index contributed by atoms with van der Waals surface area (Å²) in [7, 11) is 0. The first-order valence-corrected chi connectivity index (χ1v) is 9.15. The molecule has 2 heterocycles. The van der Waals surface area contributed by atoms with Crippen molar-refractivity contribution in [3.05, 3.63) is 76.9 Å². The number of hydrogen-bond acceptors (Lipinski definition) is 5.